The van der Waals surface area contributed by atoms with Crippen molar-refractivity contribution in [1.82, 2.24) is 9.88 Å². The van der Waals surface area contributed by atoms with Crippen molar-refractivity contribution >= 4 is 28.4 Å². The molecule has 1 aromatic heterocycles. The first-order chi connectivity index (χ1) is 12.7. The third-order valence-electron chi connectivity index (χ3n) is 5.32. The molecule has 134 valence electrons. The molecule has 3 nitrogen and oxygen atoms in total. The largest absolute Gasteiger partial charge is 0.361 e. The lowest BCUT2D eigenvalue weighted by Gasteiger charge is -2.32. The maximum atomic E-state index is 12.9. The number of Topliss-reactive ketones (excluding diaryl/α,β-unsaturated/α-hetero) is 1. The fourth-order valence-electron chi connectivity index (χ4n) is 3.91. The Hall–Kier alpha value is -2.04. The van der Waals surface area contributed by atoms with E-state index < -0.39 is 0 Å². The second-order valence-electron chi connectivity index (χ2n) is 7.03. The maximum Gasteiger partial charge on any atom is 0.167 e. The SMILES string of the molecule is CSc1ccc(C(=O)[C@H]2CCCN(Cc3c[nH]c4ccccc34)C2)cc1. The highest BCUT2D eigenvalue weighted by molar-refractivity contribution is 7.98. The number of H-pyrrole nitrogens is 1. The van der Waals surface area contributed by atoms with Crippen molar-refractivity contribution < 1.29 is 4.79 Å². The smallest absolute Gasteiger partial charge is 0.167 e. The predicted molar refractivity (Wildman–Crippen MR) is 109 cm³/mol. The molecule has 0 saturated carbocycles. The molecule has 0 amide bonds. The van der Waals surface area contributed by atoms with E-state index in [1.54, 1.807) is 11.8 Å². The van der Waals surface area contributed by atoms with E-state index in [4.69, 9.17) is 0 Å². The van der Waals surface area contributed by atoms with Gasteiger partial charge >= 0.3 is 0 Å². The summed E-state index contributed by atoms with van der Waals surface area (Å²) in [4.78, 5) is 19.9. The molecule has 1 atom stereocenters. The molecule has 26 heavy (non-hydrogen) atoms. The van der Waals surface area contributed by atoms with Gasteiger partial charge < -0.3 is 4.98 Å². The Kier molecular flexibility index (Phi) is 5.14. The van der Waals surface area contributed by atoms with E-state index in [2.05, 4.69) is 46.6 Å². The van der Waals surface area contributed by atoms with Crippen molar-refractivity contribution in [2.45, 2.75) is 24.3 Å². The molecule has 1 saturated heterocycles. The molecule has 0 spiro atoms. The molecule has 2 aromatic carbocycles. The number of likely N-dealkylation sites (tertiary alicyclic amines) is 1. The summed E-state index contributed by atoms with van der Waals surface area (Å²) in [5.74, 6) is 0.398. The van der Waals surface area contributed by atoms with Crippen LogP contribution in [0.25, 0.3) is 10.9 Å². The van der Waals surface area contributed by atoms with Crippen molar-refractivity contribution in [3.8, 4) is 0 Å². The Labute approximate surface area is 158 Å². The lowest BCUT2D eigenvalue weighted by molar-refractivity contribution is 0.0812. The Morgan fingerprint density at radius 2 is 2.00 bits per heavy atom. The Morgan fingerprint density at radius 3 is 2.81 bits per heavy atom. The van der Waals surface area contributed by atoms with Gasteiger partial charge in [-0.25, -0.2) is 0 Å². The molecule has 1 aliphatic rings. The lowest BCUT2D eigenvalue weighted by Crippen LogP contribution is -2.38. The summed E-state index contributed by atoms with van der Waals surface area (Å²) in [5.41, 5.74) is 3.35. The fourth-order valence-corrected chi connectivity index (χ4v) is 4.32. The normalized spacial score (nSPS) is 18.3. The number of rotatable bonds is 5. The van der Waals surface area contributed by atoms with Gasteiger partial charge in [-0.15, -0.1) is 11.8 Å². The average Bonchev–Trinajstić information content (AvgIpc) is 3.11. The number of ketones is 1. The van der Waals surface area contributed by atoms with Gasteiger partial charge in [-0.2, -0.15) is 0 Å². The summed E-state index contributed by atoms with van der Waals surface area (Å²) in [6.07, 6.45) is 6.24. The minimum absolute atomic E-state index is 0.106. The van der Waals surface area contributed by atoms with E-state index in [0.29, 0.717) is 5.78 Å². The standard InChI is InChI=1S/C22H24N2OS/c1-26-19-10-8-16(9-11-19)22(25)17-5-4-12-24(14-17)15-18-13-23-21-7-3-2-6-20(18)21/h2-3,6-11,13,17,23H,4-5,12,14-15H2,1H3/t17-/m0/s1. The van der Waals surface area contributed by atoms with Gasteiger partial charge in [0.25, 0.3) is 0 Å². The van der Waals surface area contributed by atoms with Crippen molar-refractivity contribution in [2.24, 2.45) is 5.92 Å². The van der Waals surface area contributed by atoms with Crippen molar-refractivity contribution in [2.75, 3.05) is 19.3 Å². The number of piperidine rings is 1. The molecule has 0 unspecified atom stereocenters. The van der Waals surface area contributed by atoms with Crippen molar-refractivity contribution in [3.63, 3.8) is 0 Å². The van der Waals surface area contributed by atoms with Crippen LogP contribution in [-0.4, -0.2) is 35.0 Å². The summed E-state index contributed by atoms with van der Waals surface area (Å²) in [6, 6.07) is 16.5. The molecular weight excluding hydrogens is 340 g/mol. The van der Waals surface area contributed by atoms with Crippen LogP contribution in [0.15, 0.2) is 59.6 Å². The molecule has 1 fully saturated rings. The summed E-state index contributed by atoms with van der Waals surface area (Å²) >= 11 is 1.71. The number of aromatic nitrogens is 1. The maximum absolute atomic E-state index is 12.9. The number of benzene rings is 2. The van der Waals surface area contributed by atoms with Crippen molar-refractivity contribution in [1.29, 1.82) is 0 Å². The predicted octanol–water partition coefficient (Wildman–Crippen LogP) is 4.98. The van der Waals surface area contributed by atoms with Crippen LogP contribution in [0.4, 0.5) is 0 Å². The van der Waals surface area contributed by atoms with Gasteiger partial charge in [0.1, 0.15) is 0 Å². The molecule has 2 heterocycles. The van der Waals surface area contributed by atoms with Gasteiger partial charge in [0.15, 0.2) is 5.78 Å². The molecule has 0 bridgehead atoms. The first kappa shape index (κ1) is 17.4. The zero-order valence-corrected chi connectivity index (χ0v) is 15.9. The zero-order chi connectivity index (χ0) is 17.9. The van der Waals surface area contributed by atoms with Gasteiger partial charge in [0, 0.05) is 46.6 Å². The van der Waals surface area contributed by atoms with Crippen LogP contribution in [0.3, 0.4) is 0 Å². The Balaban J connectivity index is 1.45. The minimum Gasteiger partial charge on any atom is -0.361 e. The molecule has 4 heteroatoms. The molecule has 3 aromatic rings. The van der Waals surface area contributed by atoms with Crippen molar-refractivity contribution in [3.05, 3.63) is 65.9 Å². The fraction of sp³-hybridized carbons (Fsp3) is 0.318. The lowest BCUT2D eigenvalue weighted by atomic mass is 9.90. The summed E-state index contributed by atoms with van der Waals surface area (Å²) in [5, 5.41) is 1.29. The first-order valence-corrected chi connectivity index (χ1v) is 10.4. The topological polar surface area (TPSA) is 36.1 Å². The number of hydrogen-bond acceptors (Lipinski definition) is 3. The van der Waals surface area contributed by atoms with Crippen LogP contribution >= 0.6 is 11.8 Å². The molecule has 1 aliphatic heterocycles. The number of carbonyl (C=O) groups is 1. The molecule has 4 rings (SSSR count). The highest BCUT2D eigenvalue weighted by Crippen LogP contribution is 2.25. The number of aromatic amines is 1. The average molecular weight is 365 g/mol. The Morgan fingerprint density at radius 1 is 1.19 bits per heavy atom. The molecule has 1 N–H and O–H groups in total. The Bertz CT molecular complexity index is 900. The van der Waals surface area contributed by atoms with E-state index in [0.717, 1.165) is 38.0 Å². The van der Waals surface area contributed by atoms with Gasteiger partial charge in [0.05, 0.1) is 0 Å². The van der Waals surface area contributed by atoms with E-state index in [1.807, 2.05) is 24.3 Å². The molecule has 0 radical (unpaired) electrons. The van der Waals surface area contributed by atoms with Crippen LogP contribution in [0, 0.1) is 5.92 Å². The summed E-state index contributed by atoms with van der Waals surface area (Å²) in [6.45, 7) is 2.82. The van der Waals surface area contributed by atoms with Gasteiger partial charge in [0.2, 0.25) is 0 Å². The van der Waals surface area contributed by atoms with E-state index in [1.165, 1.54) is 21.4 Å². The minimum atomic E-state index is 0.106. The number of nitrogens with one attached hydrogen (secondary N) is 1. The number of thioether (sulfide) groups is 1. The van der Waals surface area contributed by atoms with Crippen LogP contribution in [0.2, 0.25) is 0 Å². The van der Waals surface area contributed by atoms with Gasteiger partial charge in [-0.1, -0.05) is 30.3 Å². The van der Waals surface area contributed by atoms with E-state index in [9.17, 15) is 4.79 Å². The van der Waals surface area contributed by atoms with Gasteiger partial charge in [-0.05, 0) is 49.4 Å². The second-order valence-corrected chi connectivity index (χ2v) is 7.91. The summed E-state index contributed by atoms with van der Waals surface area (Å²) in [7, 11) is 0. The zero-order valence-electron chi connectivity index (χ0n) is 15.1. The van der Waals surface area contributed by atoms with Gasteiger partial charge in [-0.3, -0.25) is 9.69 Å². The van der Waals surface area contributed by atoms with Crippen LogP contribution in [0.5, 0.6) is 0 Å². The summed E-state index contributed by atoms with van der Waals surface area (Å²) < 4.78 is 0. The number of hydrogen-bond donors (Lipinski definition) is 1. The highest BCUT2D eigenvalue weighted by atomic mass is 32.2. The number of nitrogens with zero attached hydrogens (tertiary/aromatic N) is 1. The monoisotopic (exact) mass is 364 g/mol. The van der Waals surface area contributed by atoms with Crippen LogP contribution < -0.4 is 0 Å². The number of fused-ring (bicyclic) bond motifs is 1. The molecular formula is C22H24N2OS. The number of carbonyl (C=O) groups excluding carboxylic acids is 1. The van der Waals surface area contributed by atoms with E-state index >= 15 is 0 Å². The quantitative estimate of drug-likeness (QED) is 0.512. The van der Waals surface area contributed by atoms with E-state index in [-0.39, 0.29) is 5.92 Å². The second kappa shape index (κ2) is 7.68. The number of para-hydroxylation sites is 1. The van der Waals surface area contributed by atoms with Crippen LogP contribution in [0.1, 0.15) is 28.8 Å². The third kappa shape index (κ3) is 3.57. The van der Waals surface area contributed by atoms with Crippen LogP contribution in [-0.2, 0) is 6.54 Å². The molecule has 0 aliphatic carbocycles. The highest BCUT2D eigenvalue weighted by Gasteiger charge is 2.27. The third-order valence-corrected chi connectivity index (χ3v) is 6.06. The first-order valence-electron chi connectivity index (χ1n) is 9.20.